The summed E-state index contributed by atoms with van der Waals surface area (Å²) < 4.78 is 11.2. The van der Waals surface area contributed by atoms with Gasteiger partial charge in [0.15, 0.2) is 6.29 Å². The first kappa shape index (κ1) is 58.9. The first-order chi connectivity index (χ1) is 30.3. The van der Waals surface area contributed by atoms with Crippen molar-refractivity contribution in [1.29, 1.82) is 0 Å². The SMILES string of the molecule is CCCCCCCCCCCCCCCCCCCCCCCCCC/C=C/C(O)C(COC1OC(CO)C(O)C(O)C1O)NC(=O)CCCCCCCCCCCCCCC. The average Bonchev–Trinajstić information content (AvgIpc) is 3.27. The molecule has 1 heterocycles. The van der Waals surface area contributed by atoms with Crippen molar-refractivity contribution >= 4 is 5.91 Å². The lowest BCUT2D eigenvalue weighted by Crippen LogP contribution is -2.60. The maximum atomic E-state index is 13.0. The van der Waals surface area contributed by atoms with E-state index in [0.29, 0.717) is 6.42 Å². The van der Waals surface area contributed by atoms with Gasteiger partial charge in [0.25, 0.3) is 0 Å². The molecule has 0 spiro atoms. The first-order valence-electron chi connectivity index (χ1n) is 26.9. The third-order valence-corrected chi connectivity index (χ3v) is 13.1. The lowest BCUT2D eigenvalue weighted by atomic mass is 9.99. The zero-order valence-corrected chi connectivity index (χ0v) is 40.6. The Morgan fingerprint density at radius 3 is 1.26 bits per heavy atom. The zero-order valence-electron chi connectivity index (χ0n) is 40.6. The fraction of sp³-hybridized carbons (Fsp3) is 0.943. The number of carbonyl (C=O) groups is 1. The molecule has 6 N–H and O–H groups in total. The number of amides is 1. The summed E-state index contributed by atoms with van der Waals surface area (Å²) in [4.78, 5) is 13.0. The monoisotopic (exact) mass is 882 g/mol. The van der Waals surface area contributed by atoms with Gasteiger partial charge < -0.3 is 40.3 Å². The Labute approximate surface area is 382 Å². The Morgan fingerprint density at radius 2 is 0.887 bits per heavy atom. The van der Waals surface area contributed by atoms with Gasteiger partial charge >= 0.3 is 0 Å². The molecule has 1 saturated heterocycles. The van der Waals surface area contributed by atoms with E-state index in [-0.39, 0.29) is 12.5 Å². The van der Waals surface area contributed by atoms with Crippen molar-refractivity contribution in [2.75, 3.05) is 13.2 Å². The van der Waals surface area contributed by atoms with Crippen LogP contribution in [-0.2, 0) is 14.3 Å². The molecule has 0 radical (unpaired) electrons. The van der Waals surface area contributed by atoms with Crippen molar-refractivity contribution in [2.45, 2.75) is 307 Å². The van der Waals surface area contributed by atoms with Gasteiger partial charge in [-0.15, -0.1) is 0 Å². The fourth-order valence-electron chi connectivity index (χ4n) is 8.81. The molecule has 62 heavy (non-hydrogen) atoms. The fourth-order valence-corrected chi connectivity index (χ4v) is 8.81. The second kappa shape index (κ2) is 43.8. The summed E-state index contributed by atoms with van der Waals surface area (Å²) in [5, 5.41) is 54.3. The van der Waals surface area contributed by atoms with Crippen LogP contribution >= 0.6 is 0 Å². The van der Waals surface area contributed by atoms with Crippen molar-refractivity contribution in [3.63, 3.8) is 0 Å². The van der Waals surface area contributed by atoms with Gasteiger partial charge in [0, 0.05) is 6.42 Å². The van der Waals surface area contributed by atoms with E-state index in [4.69, 9.17) is 9.47 Å². The van der Waals surface area contributed by atoms with Crippen LogP contribution in [0.5, 0.6) is 0 Å². The van der Waals surface area contributed by atoms with E-state index in [1.165, 1.54) is 205 Å². The zero-order chi connectivity index (χ0) is 45.1. The number of allylic oxidation sites excluding steroid dienone is 1. The van der Waals surface area contributed by atoms with Crippen LogP contribution in [0.2, 0.25) is 0 Å². The van der Waals surface area contributed by atoms with Crippen LogP contribution in [0, 0.1) is 0 Å². The molecule has 368 valence electrons. The minimum atomic E-state index is -1.56. The van der Waals surface area contributed by atoms with Crippen LogP contribution in [0.25, 0.3) is 0 Å². The Bertz CT molecular complexity index is 981. The van der Waals surface area contributed by atoms with Crippen molar-refractivity contribution in [2.24, 2.45) is 0 Å². The topological polar surface area (TPSA) is 149 Å². The van der Waals surface area contributed by atoms with Gasteiger partial charge in [0.05, 0.1) is 25.4 Å². The van der Waals surface area contributed by atoms with E-state index in [1.807, 2.05) is 6.08 Å². The highest BCUT2D eigenvalue weighted by Crippen LogP contribution is 2.23. The molecule has 9 nitrogen and oxygen atoms in total. The number of aliphatic hydroxyl groups is 5. The summed E-state index contributed by atoms with van der Waals surface area (Å²) >= 11 is 0. The Kier molecular flexibility index (Phi) is 41.6. The number of hydrogen-bond acceptors (Lipinski definition) is 8. The number of carbonyl (C=O) groups excluding carboxylic acids is 1. The quantitative estimate of drug-likeness (QED) is 0.0261. The standard InChI is InChI=1S/C53H103NO8/c1-3-5-7-9-11-13-15-17-18-19-20-21-22-23-24-25-26-27-28-29-31-32-34-36-38-40-42-47(56)46(45-61-53-52(60)51(59)50(58)48(44-55)62-53)54-49(57)43-41-39-37-35-33-30-16-14-12-10-8-6-4-2/h40,42,46-48,50-53,55-56,58-60H,3-39,41,43-45H2,1-2H3,(H,54,57)/b42-40+. The second-order valence-corrected chi connectivity index (χ2v) is 19.0. The molecular formula is C53H103NO8. The molecule has 9 heteroatoms. The number of rotatable bonds is 46. The molecule has 1 amide bonds. The van der Waals surface area contributed by atoms with Crippen molar-refractivity contribution in [3.8, 4) is 0 Å². The van der Waals surface area contributed by atoms with Crippen LogP contribution in [-0.4, -0.2) is 87.5 Å². The smallest absolute Gasteiger partial charge is 0.220 e. The van der Waals surface area contributed by atoms with E-state index in [2.05, 4.69) is 19.2 Å². The van der Waals surface area contributed by atoms with E-state index in [0.717, 1.165) is 38.5 Å². The molecule has 0 bridgehead atoms. The Morgan fingerprint density at radius 1 is 0.532 bits per heavy atom. The van der Waals surface area contributed by atoms with Gasteiger partial charge in [-0.25, -0.2) is 0 Å². The van der Waals surface area contributed by atoms with Gasteiger partial charge in [0.1, 0.15) is 24.4 Å². The van der Waals surface area contributed by atoms with Crippen LogP contribution in [0.1, 0.15) is 264 Å². The van der Waals surface area contributed by atoms with E-state index in [1.54, 1.807) is 6.08 Å². The lowest BCUT2D eigenvalue weighted by Gasteiger charge is -2.40. The van der Waals surface area contributed by atoms with Gasteiger partial charge in [-0.3, -0.25) is 4.79 Å². The predicted octanol–water partition coefficient (Wildman–Crippen LogP) is 12.5. The maximum absolute atomic E-state index is 13.0. The predicted molar refractivity (Wildman–Crippen MR) is 258 cm³/mol. The minimum absolute atomic E-state index is 0.173. The Balaban J connectivity index is 2.21. The van der Waals surface area contributed by atoms with Gasteiger partial charge in [-0.05, 0) is 19.3 Å². The van der Waals surface area contributed by atoms with Crippen molar-refractivity contribution in [1.82, 2.24) is 5.32 Å². The number of aliphatic hydroxyl groups excluding tert-OH is 5. The average molecular weight is 882 g/mol. The number of unbranched alkanes of at least 4 members (excludes halogenated alkanes) is 36. The summed E-state index contributed by atoms with van der Waals surface area (Å²) in [5.74, 6) is -0.173. The summed E-state index contributed by atoms with van der Waals surface area (Å²) in [6, 6.07) is -0.799. The van der Waals surface area contributed by atoms with Gasteiger partial charge in [-0.2, -0.15) is 0 Å². The summed E-state index contributed by atoms with van der Waals surface area (Å²) in [6.07, 6.45) is 45.6. The summed E-state index contributed by atoms with van der Waals surface area (Å²) in [5.41, 5.74) is 0. The Hall–Kier alpha value is -1.07. The number of nitrogens with one attached hydrogen (secondary N) is 1. The molecule has 1 rings (SSSR count). The second-order valence-electron chi connectivity index (χ2n) is 19.0. The highest BCUT2D eigenvalue weighted by molar-refractivity contribution is 5.76. The highest BCUT2D eigenvalue weighted by atomic mass is 16.7. The minimum Gasteiger partial charge on any atom is -0.394 e. The van der Waals surface area contributed by atoms with Crippen LogP contribution in [0.3, 0.4) is 0 Å². The summed E-state index contributed by atoms with van der Waals surface area (Å²) in [7, 11) is 0. The third kappa shape index (κ3) is 33.4. The molecule has 0 aliphatic carbocycles. The first-order valence-corrected chi connectivity index (χ1v) is 26.9. The molecule has 0 aromatic rings. The molecule has 7 atom stereocenters. The normalized spacial score (nSPS) is 20.3. The molecule has 1 aliphatic rings. The van der Waals surface area contributed by atoms with Crippen LogP contribution in [0.15, 0.2) is 12.2 Å². The van der Waals surface area contributed by atoms with E-state index < -0.39 is 49.5 Å². The van der Waals surface area contributed by atoms with Gasteiger partial charge in [0.2, 0.25) is 5.91 Å². The summed E-state index contributed by atoms with van der Waals surface area (Å²) in [6.45, 7) is 3.80. The number of hydrogen-bond donors (Lipinski definition) is 6. The molecule has 7 unspecified atom stereocenters. The number of ether oxygens (including phenoxy) is 2. The van der Waals surface area contributed by atoms with E-state index >= 15 is 0 Å². The molecular weight excluding hydrogens is 779 g/mol. The maximum Gasteiger partial charge on any atom is 0.220 e. The van der Waals surface area contributed by atoms with Crippen molar-refractivity contribution in [3.05, 3.63) is 12.2 Å². The largest absolute Gasteiger partial charge is 0.394 e. The van der Waals surface area contributed by atoms with Gasteiger partial charge in [-0.1, -0.05) is 251 Å². The molecule has 1 aliphatic heterocycles. The molecule has 1 fully saturated rings. The molecule has 0 saturated carbocycles. The van der Waals surface area contributed by atoms with Crippen molar-refractivity contribution < 1.29 is 39.8 Å². The van der Waals surface area contributed by atoms with Crippen LogP contribution in [0.4, 0.5) is 0 Å². The van der Waals surface area contributed by atoms with E-state index in [9.17, 15) is 30.3 Å². The molecule has 0 aromatic heterocycles. The molecule has 0 aromatic carbocycles. The lowest BCUT2D eigenvalue weighted by molar-refractivity contribution is -0.302. The third-order valence-electron chi connectivity index (χ3n) is 13.1. The van der Waals surface area contributed by atoms with Crippen LogP contribution < -0.4 is 5.32 Å². The highest BCUT2D eigenvalue weighted by Gasteiger charge is 2.44.